The van der Waals surface area contributed by atoms with E-state index in [1.165, 1.54) is 0 Å². The Bertz CT molecular complexity index is 1160. The van der Waals surface area contributed by atoms with E-state index in [0.29, 0.717) is 16.8 Å². The van der Waals surface area contributed by atoms with Gasteiger partial charge in [-0.25, -0.2) is 0 Å². The van der Waals surface area contributed by atoms with Crippen LogP contribution in [0, 0.1) is 0 Å². The van der Waals surface area contributed by atoms with Crippen molar-refractivity contribution in [3.8, 4) is 5.75 Å². The van der Waals surface area contributed by atoms with Crippen molar-refractivity contribution < 1.29 is 4.74 Å². The van der Waals surface area contributed by atoms with Crippen molar-refractivity contribution in [2.24, 2.45) is 5.10 Å². The zero-order valence-corrected chi connectivity index (χ0v) is 18.7. The lowest BCUT2D eigenvalue weighted by atomic mass is 10.2. The van der Waals surface area contributed by atoms with Gasteiger partial charge in [0.15, 0.2) is 0 Å². The zero-order valence-electron chi connectivity index (χ0n) is 16.4. The van der Waals surface area contributed by atoms with E-state index in [4.69, 9.17) is 27.9 Å². The molecular weight excluding hydrogens is 451 g/mol. The van der Waals surface area contributed by atoms with Gasteiger partial charge in [-0.2, -0.15) is 9.78 Å². The van der Waals surface area contributed by atoms with E-state index in [1.807, 2.05) is 72.8 Å². The maximum absolute atomic E-state index is 6.17. The zero-order chi connectivity index (χ0) is 21.5. The van der Waals surface area contributed by atoms with Gasteiger partial charge in [0.25, 0.3) is 0 Å². The van der Waals surface area contributed by atoms with E-state index >= 15 is 0 Å². The molecule has 0 saturated heterocycles. The van der Waals surface area contributed by atoms with Crippen LogP contribution in [0.3, 0.4) is 0 Å². The predicted molar refractivity (Wildman–Crippen MR) is 126 cm³/mol. The van der Waals surface area contributed by atoms with Crippen molar-refractivity contribution in [2.75, 3.05) is 0 Å². The third-order valence-electron chi connectivity index (χ3n) is 4.34. The molecule has 0 radical (unpaired) electrons. The van der Waals surface area contributed by atoms with Crippen LogP contribution >= 0.6 is 35.0 Å². The van der Waals surface area contributed by atoms with Crippen molar-refractivity contribution in [1.29, 1.82) is 0 Å². The maximum Gasteiger partial charge on any atom is 0.212 e. The molecule has 0 saturated carbocycles. The molecule has 156 valence electrons. The molecule has 0 bridgehead atoms. The standard InChI is InChI=1S/C23H18Cl2N4OS/c24-20-9-5-18(6-10-20)15-31-23-28-26-16-29(23)27-13-17-7-11-21(12-8-17)30-14-19-3-1-2-4-22(19)25/h1-13,16H,14-15H2/b27-13+. The summed E-state index contributed by atoms with van der Waals surface area (Å²) in [6.07, 6.45) is 3.34. The summed E-state index contributed by atoms with van der Waals surface area (Å²) in [5, 5.41) is 14.7. The van der Waals surface area contributed by atoms with Crippen LogP contribution in [0.4, 0.5) is 0 Å². The second-order valence-corrected chi connectivity index (χ2v) is 8.35. The molecule has 0 aliphatic rings. The van der Waals surface area contributed by atoms with Crippen molar-refractivity contribution in [2.45, 2.75) is 17.5 Å². The summed E-state index contributed by atoms with van der Waals surface area (Å²) in [5.41, 5.74) is 3.04. The van der Waals surface area contributed by atoms with Gasteiger partial charge >= 0.3 is 0 Å². The first-order valence-electron chi connectivity index (χ1n) is 9.45. The van der Waals surface area contributed by atoms with E-state index in [1.54, 1.807) is 29.0 Å². The average molecular weight is 469 g/mol. The van der Waals surface area contributed by atoms with E-state index < -0.39 is 0 Å². The number of benzene rings is 3. The molecule has 0 unspecified atom stereocenters. The highest BCUT2D eigenvalue weighted by atomic mass is 35.5. The van der Waals surface area contributed by atoms with Gasteiger partial charge in [0.2, 0.25) is 5.16 Å². The van der Waals surface area contributed by atoms with Gasteiger partial charge < -0.3 is 4.74 Å². The molecule has 0 aliphatic carbocycles. The molecule has 0 aliphatic heterocycles. The summed E-state index contributed by atoms with van der Waals surface area (Å²) < 4.78 is 7.47. The van der Waals surface area contributed by atoms with E-state index in [9.17, 15) is 0 Å². The van der Waals surface area contributed by atoms with Crippen LogP contribution in [0.15, 0.2) is 89.4 Å². The highest BCUT2D eigenvalue weighted by Gasteiger charge is 2.05. The lowest BCUT2D eigenvalue weighted by molar-refractivity contribution is 0.306. The number of hydrogen-bond donors (Lipinski definition) is 0. The summed E-state index contributed by atoms with van der Waals surface area (Å²) in [7, 11) is 0. The minimum absolute atomic E-state index is 0.419. The van der Waals surface area contributed by atoms with Gasteiger partial charge in [0, 0.05) is 21.4 Å². The monoisotopic (exact) mass is 468 g/mol. The quantitative estimate of drug-likeness (QED) is 0.223. The largest absolute Gasteiger partial charge is 0.489 e. The fourth-order valence-electron chi connectivity index (χ4n) is 2.68. The first-order chi connectivity index (χ1) is 15.2. The highest BCUT2D eigenvalue weighted by Crippen LogP contribution is 2.22. The molecule has 0 spiro atoms. The normalized spacial score (nSPS) is 11.2. The van der Waals surface area contributed by atoms with Crippen LogP contribution < -0.4 is 4.74 Å². The minimum atomic E-state index is 0.419. The van der Waals surface area contributed by atoms with Gasteiger partial charge in [-0.3, -0.25) is 0 Å². The van der Waals surface area contributed by atoms with Gasteiger partial charge in [-0.05, 0) is 53.6 Å². The first kappa shape index (κ1) is 21.4. The van der Waals surface area contributed by atoms with Crippen LogP contribution in [0.2, 0.25) is 10.0 Å². The third-order valence-corrected chi connectivity index (χ3v) is 5.97. The number of halogens is 2. The molecule has 0 fully saturated rings. The van der Waals surface area contributed by atoms with Gasteiger partial charge in [0.05, 0.1) is 6.21 Å². The number of rotatable bonds is 8. The Morgan fingerprint density at radius 1 is 0.968 bits per heavy atom. The van der Waals surface area contributed by atoms with Crippen LogP contribution in [0.25, 0.3) is 0 Å². The smallest absolute Gasteiger partial charge is 0.212 e. The summed E-state index contributed by atoms with van der Waals surface area (Å²) in [6, 6.07) is 23.1. The summed E-state index contributed by atoms with van der Waals surface area (Å²) in [5.74, 6) is 1.52. The second-order valence-electron chi connectivity index (χ2n) is 6.57. The fourth-order valence-corrected chi connectivity index (χ4v) is 3.81. The number of ether oxygens (including phenoxy) is 1. The topological polar surface area (TPSA) is 52.3 Å². The number of aromatic nitrogens is 3. The Morgan fingerprint density at radius 3 is 2.52 bits per heavy atom. The Balaban J connectivity index is 1.34. The molecule has 1 aromatic heterocycles. The Labute approximate surface area is 194 Å². The summed E-state index contributed by atoms with van der Waals surface area (Å²) >= 11 is 13.7. The Morgan fingerprint density at radius 2 is 1.74 bits per heavy atom. The number of hydrogen-bond acceptors (Lipinski definition) is 5. The second kappa shape index (κ2) is 10.5. The molecule has 0 amide bonds. The predicted octanol–water partition coefficient (Wildman–Crippen LogP) is 6.34. The fraction of sp³-hybridized carbons (Fsp3) is 0.0870. The maximum atomic E-state index is 6.17. The molecule has 0 atom stereocenters. The third kappa shape index (κ3) is 6.10. The van der Waals surface area contributed by atoms with Gasteiger partial charge in [-0.15, -0.1) is 10.2 Å². The van der Waals surface area contributed by atoms with Crippen LogP contribution in [-0.2, 0) is 12.4 Å². The Hall–Kier alpha value is -2.80. The molecule has 0 N–H and O–H groups in total. The van der Waals surface area contributed by atoms with Crippen LogP contribution in [-0.4, -0.2) is 21.1 Å². The summed E-state index contributed by atoms with van der Waals surface area (Å²) in [4.78, 5) is 0. The van der Waals surface area contributed by atoms with Gasteiger partial charge in [0.1, 0.15) is 18.7 Å². The van der Waals surface area contributed by atoms with Crippen molar-refractivity contribution >= 4 is 41.2 Å². The molecular formula is C23H18Cl2N4OS. The molecule has 3 aromatic carbocycles. The van der Waals surface area contributed by atoms with Crippen molar-refractivity contribution in [1.82, 2.24) is 14.9 Å². The van der Waals surface area contributed by atoms with E-state index in [-0.39, 0.29) is 0 Å². The minimum Gasteiger partial charge on any atom is -0.489 e. The molecule has 31 heavy (non-hydrogen) atoms. The number of thioether (sulfide) groups is 1. The first-order valence-corrected chi connectivity index (χ1v) is 11.2. The van der Waals surface area contributed by atoms with Crippen LogP contribution in [0.5, 0.6) is 5.75 Å². The van der Waals surface area contributed by atoms with Gasteiger partial charge in [-0.1, -0.05) is 65.3 Å². The lowest BCUT2D eigenvalue weighted by Gasteiger charge is -2.07. The highest BCUT2D eigenvalue weighted by molar-refractivity contribution is 7.98. The van der Waals surface area contributed by atoms with Crippen molar-refractivity contribution in [3.05, 3.63) is 106 Å². The van der Waals surface area contributed by atoms with Crippen molar-refractivity contribution in [3.63, 3.8) is 0 Å². The molecule has 4 rings (SSSR count). The number of nitrogens with zero attached hydrogens (tertiary/aromatic N) is 4. The molecule has 1 heterocycles. The summed E-state index contributed by atoms with van der Waals surface area (Å²) in [6.45, 7) is 0.419. The van der Waals surface area contributed by atoms with E-state index in [2.05, 4.69) is 15.3 Å². The molecule has 8 heteroatoms. The van der Waals surface area contributed by atoms with Crippen LogP contribution in [0.1, 0.15) is 16.7 Å². The van der Waals surface area contributed by atoms with E-state index in [0.717, 1.165) is 33.2 Å². The average Bonchev–Trinajstić information content (AvgIpc) is 3.25. The SMILES string of the molecule is Clc1ccc(CSc2nncn2/N=C/c2ccc(OCc3ccccc3Cl)cc2)cc1. The molecule has 5 nitrogen and oxygen atoms in total. The molecule has 4 aromatic rings. The lowest BCUT2D eigenvalue weighted by Crippen LogP contribution is -1.96. The Kier molecular flexibility index (Phi) is 7.25.